The zero-order valence-electron chi connectivity index (χ0n) is 10.4. The van der Waals surface area contributed by atoms with Crippen LogP contribution in [0.3, 0.4) is 0 Å². The third kappa shape index (κ3) is 10.2. The Morgan fingerprint density at radius 3 is 1.93 bits per heavy atom. The number of rotatable bonds is 11. The highest BCUT2D eigenvalue weighted by atomic mass is 16.3. The first-order valence-electron chi connectivity index (χ1n) is 6.66. The van der Waals surface area contributed by atoms with Crippen LogP contribution >= 0.6 is 0 Å². The van der Waals surface area contributed by atoms with Gasteiger partial charge in [-0.15, -0.1) is 0 Å². The van der Waals surface area contributed by atoms with Crippen LogP contribution in [0.4, 0.5) is 0 Å². The van der Waals surface area contributed by atoms with E-state index in [-0.39, 0.29) is 0 Å². The molecule has 0 aromatic carbocycles. The van der Waals surface area contributed by atoms with Crippen LogP contribution in [-0.4, -0.2) is 18.3 Å². The van der Waals surface area contributed by atoms with Crippen LogP contribution in [0.15, 0.2) is 0 Å². The van der Waals surface area contributed by atoms with E-state index in [4.69, 9.17) is 10.8 Å². The maximum absolute atomic E-state index is 9.01. The highest BCUT2D eigenvalue weighted by molar-refractivity contribution is 4.55. The molecule has 92 valence electrons. The lowest BCUT2D eigenvalue weighted by atomic mass is 9.99. The monoisotopic (exact) mass is 215 g/mol. The molecular weight excluding hydrogens is 186 g/mol. The fraction of sp³-hybridized carbons (Fsp3) is 1.00. The number of hydrogen-bond donors (Lipinski definition) is 2. The number of unbranched alkanes of at least 4 members (excludes halogenated alkanes) is 6. The molecule has 1 unspecified atom stereocenters. The number of aliphatic hydroxyl groups is 1. The summed E-state index contributed by atoms with van der Waals surface area (Å²) >= 11 is 0. The topological polar surface area (TPSA) is 46.2 Å². The Kier molecular flexibility index (Phi) is 11.9. The van der Waals surface area contributed by atoms with Crippen LogP contribution in [0, 0.1) is 5.92 Å². The van der Waals surface area contributed by atoms with Gasteiger partial charge >= 0.3 is 0 Å². The van der Waals surface area contributed by atoms with Crippen molar-refractivity contribution in [2.75, 3.05) is 13.2 Å². The van der Waals surface area contributed by atoms with E-state index in [0.29, 0.717) is 12.5 Å². The molecule has 0 saturated heterocycles. The van der Waals surface area contributed by atoms with Gasteiger partial charge in [-0.1, -0.05) is 51.9 Å². The molecule has 0 saturated carbocycles. The van der Waals surface area contributed by atoms with Crippen molar-refractivity contribution in [1.29, 1.82) is 0 Å². The lowest BCUT2D eigenvalue weighted by molar-refractivity contribution is 0.211. The zero-order chi connectivity index (χ0) is 11.4. The fourth-order valence-electron chi connectivity index (χ4n) is 1.89. The molecule has 0 aliphatic heterocycles. The number of nitrogens with two attached hydrogens (primary N) is 1. The van der Waals surface area contributed by atoms with E-state index >= 15 is 0 Å². The average Bonchev–Trinajstić information content (AvgIpc) is 2.27. The van der Waals surface area contributed by atoms with Crippen LogP contribution < -0.4 is 5.73 Å². The maximum Gasteiger partial charge on any atom is 0.0459 e. The summed E-state index contributed by atoms with van der Waals surface area (Å²) in [4.78, 5) is 0. The molecule has 1 atom stereocenters. The highest BCUT2D eigenvalue weighted by Crippen LogP contribution is 2.14. The van der Waals surface area contributed by atoms with Gasteiger partial charge in [-0.2, -0.15) is 0 Å². The van der Waals surface area contributed by atoms with Gasteiger partial charge in [-0.05, 0) is 25.3 Å². The first-order valence-corrected chi connectivity index (χ1v) is 6.66. The Bertz CT molecular complexity index is 113. The van der Waals surface area contributed by atoms with E-state index in [1.165, 1.54) is 51.4 Å². The van der Waals surface area contributed by atoms with Gasteiger partial charge in [-0.25, -0.2) is 0 Å². The summed E-state index contributed by atoms with van der Waals surface area (Å²) in [7, 11) is 0. The number of hydrogen-bond acceptors (Lipinski definition) is 2. The zero-order valence-corrected chi connectivity index (χ0v) is 10.4. The summed E-state index contributed by atoms with van der Waals surface area (Å²) in [6.45, 7) is 3.37. The van der Waals surface area contributed by atoms with Crippen LogP contribution in [0.25, 0.3) is 0 Å². The molecule has 0 amide bonds. The summed E-state index contributed by atoms with van der Waals surface area (Å²) in [5, 5.41) is 9.01. The molecule has 0 aliphatic carbocycles. The van der Waals surface area contributed by atoms with Crippen LogP contribution in [-0.2, 0) is 0 Å². The summed E-state index contributed by atoms with van der Waals surface area (Å²) in [6.07, 6.45) is 11.5. The van der Waals surface area contributed by atoms with Gasteiger partial charge in [-0.3, -0.25) is 0 Å². The molecular formula is C13H29NO. The van der Waals surface area contributed by atoms with E-state index < -0.39 is 0 Å². The Labute approximate surface area is 95.3 Å². The normalized spacial score (nSPS) is 13.0. The molecule has 2 nitrogen and oxygen atoms in total. The molecule has 15 heavy (non-hydrogen) atoms. The Balaban J connectivity index is 3.04. The van der Waals surface area contributed by atoms with Gasteiger partial charge in [0.2, 0.25) is 0 Å². The first-order chi connectivity index (χ1) is 7.35. The van der Waals surface area contributed by atoms with Gasteiger partial charge in [0.25, 0.3) is 0 Å². The average molecular weight is 215 g/mol. The summed E-state index contributed by atoms with van der Waals surface area (Å²) < 4.78 is 0. The van der Waals surface area contributed by atoms with Crippen molar-refractivity contribution in [3.63, 3.8) is 0 Å². The Morgan fingerprint density at radius 1 is 0.933 bits per heavy atom. The van der Waals surface area contributed by atoms with E-state index in [1.807, 2.05) is 0 Å². The van der Waals surface area contributed by atoms with E-state index in [0.717, 1.165) is 13.0 Å². The minimum absolute atomic E-state index is 0.368. The fourth-order valence-corrected chi connectivity index (χ4v) is 1.89. The lowest BCUT2D eigenvalue weighted by Crippen LogP contribution is -2.03. The second-order valence-corrected chi connectivity index (χ2v) is 4.51. The van der Waals surface area contributed by atoms with Crippen LogP contribution in [0.1, 0.15) is 64.7 Å². The standard InChI is InChI=1S/C13H29NO/c1-2-13(12-15)10-8-6-4-3-5-7-9-11-14/h13,15H,2-12,14H2,1H3. The minimum Gasteiger partial charge on any atom is -0.396 e. The van der Waals surface area contributed by atoms with Crippen molar-refractivity contribution in [2.24, 2.45) is 11.7 Å². The maximum atomic E-state index is 9.01. The van der Waals surface area contributed by atoms with Gasteiger partial charge in [0, 0.05) is 6.61 Å². The number of aliphatic hydroxyl groups excluding tert-OH is 1. The second-order valence-electron chi connectivity index (χ2n) is 4.51. The van der Waals surface area contributed by atoms with Crippen molar-refractivity contribution in [2.45, 2.75) is 64.7 Å². The molecule has 3 N–H and O–H groups in total. The van der Waals surface area contributed by atoms with Crippen molar-refractivity contribution >= 4 is 0 Å². The molecule has 2 heteroatoms. The minimum atomic E-state index is 0.368. The predicted molar refractivity (Wildman–Crippen MR) is 66.9 cm³/mol. The Morgan fingerprint density at radius 2 is 1.47 bits per heavy atom. The van der Waals surface area contributed by atoms with Gasteiger partial charge in [0.05, 0.1) is 0 Å². The SMILES string of the molecule is CCC(CO)CCCCCCCCCN. The smallest absolute Gasteiger partial charge is 0.0459 e. The van der Waals surface area contributed by atoms with Gasteiger partial charge < -0.3 is 10.8 Å². The molecule has 0 radical (unpaired) electrons. The summed E-state index contributed by atoms with van der Waals surface area (Å²) in [5.74, 6) is 0.544. The van der Waals surface area contributed by atoms with Crippen molar-refractivity contribution in [3.8, 4) is 0 Å². The van der Waals surface area contributed by atoms with E-state index in [2.05, 4.69) is 6.92 Å². The summed E-state index contributed by atoms with van der Waals surface area (Å²) in [6, 6.07) is 0. The molecule has 0 aromatic heterocycles. The van der Waals surface area contributed by atoms with Gasteiger partial charge in [0.1, 0.15) is 0 Å². The molecule has 0 heterocycles. The van der Waals surface area contributed by atoms with Crippen molar-refractivity contribution in [3.05, 3.63) is 0 Å². The molecule has 0 spiro atoms. The van der Waals surface area contributed by atoms with Crippen molar-refractivity contribution < 1.29 is 5.11 Å². The highest BCUT2D eigenvalue weighted by Gasteiger charge is 2.03. The second kappa shape index (κ2) is 12.0. The first kappa shape index (κ1) is 14.9. The van der Waals surface area contributed by atoms with Crippen LogP contribution in [0.5, 0.6) is 0 Å². The lowest BCUT2D eigenvalue weighted by Gasteiger charge is -2.10. The summed E-state index contributed by atoms with van der Waals surface area (Å²) in [5.41, 5.74) is 5.43. The molecule has 0 rings (SSSR count). The molecule has 0 aliphatic rings. The largest absolute Gasteiger partial charge is 0.396 e. The predicted octanol–water partition coefficient (Wildman–Crippen LogP) is 3.08. The van der Waals surface area contributed by atoms with Crippen molar-refractivity contribution in [1.82, 2.24) is 0 Å². The Hall–Kier alpha value is -0.0800. The third-order valence-corrected chi connectivity index (χ3v) is 3.15. The molecule has 0 fully saturated rings. The quantitative estimate of drug-likeness (QED) is 0.520. The van der Waals surface area contributed by atoms with E-state index in [1.54, 1.807) is 0 Å². The third-order valence-electron chi connectivity index (χ3n) is 3.15. The van der Waals surface area contributed by atoms with E-state index in [9.17, 15) is 0 Å². The molecule has 0 aromatic rings. The molecule has 0 bridgehead atoms. The van der Waals surface area contributed by atoms with Crippen LogP contribution in [0.2, 0.25) is 0 Å². The van der Waals surface area contributed by atoms with Gasteiger partial charge in [0.15, 0.2) is 0 Å².